The van der Waals surface area contributed by atoms with Crippen LogP contribution < -0.4 is 10.5 Å². The summed E-state index contributed by atoms with van der Waals surface area (Å²) in [5, 5.41) is 0. The molecule has 3 nitrogen and oxygen atoms in total. The zero-order chi connectivity index (χ0) is 12.3. The molecule has 0 bridgehead atoms. The van der Waals surface area contributed by atoms with Gasteiger partial charge in [-0.25, -0.2) is 4.98 Å². The lowest BCUT2D eigenvalue weighted by Gasteiger charge is -2.11. The number of nitrogens with zero attached hydrogens (tertiary/aromatic N) is 1. The van der Waals surface area contributed by atoms with Crippen molar-refractivity contribution in [2.75, 3.05) is 0 Å². The zero-order valence-electron chi connectivity index (χ0n) is 10.1. The molecule has 0 aliphatic rings. The third kappa shape index (κ3) is 2.82. The van der Waals surface area contributed by atoms with Crippen LogP contribution in [-0.4, -0.2) is 4.98 Å². The van der Waals surface area contributed by atoms with Gasteiger partial charge in [0.2, 0.25) is 5.88 Å². The van der Waals surface area contributed by atoms with Crippen LogP contribution in [0, 0.1) is 6.92 Å². The number of hydrogen-bond donors (Lipinski definition) is 1. The van der Waals surface area contributed by atoms with E-state index >= 15 is 0 Å². The van der Waals surface area contributed by atoms with E-state index in [1.54, 1.807) is 6.20 Å². The van der Waals surface area contributed by atoms with Gasteiger partial charge in [0.05, 0.1) is 0 Å². The van der Waals surface area contributed by atoms with Crippen molar-refractivity contribution in [3.05, 3.63) is 53.7 Å². The minimum atomic E-state index is -0.00623. The minimum Gasteiger partial charge on any atom is -0.439 e. The fourth-order valence-corrected chi connectivity index (χ4v) is 1.68. The van der Waals surface area contributed by atoms with Gasteiger partial charge in [-0.2, -0.15) is 0 Å². The first kappa shape index (κ1) is 11.6. The number of pyridine rings is 1. The molecule has 0 amide bonds. The van der Waals surface area contributed by atoms with Crippen molar-refractivity contribution in [3.8, 4) is 11.6 Å². The summed E-state index contributed by atoms with van der Waals surface area (Å²) < 4.78 is 5.64. The van der Waals surface area contributed by atoms with E-state index in [2.05, 4.69) is 4.98 Å². The highest BCUT2D eigenvalue weighted by Crippen LogP contribution is 2.22. The number of benzene rings is 1. The van der Waals surface area contributed by atoms with Crippen LogP contribution >= 0.6 is 0 Å². The van der Waals surface area contributed by atoms with Gasteiger partial charge in [0.25, 0.3) is 0 Å². The number of nitrogens with two attached hydrogens (primary N) is 1. The van der Waals surface area contributed by atoms with Crippen LogP contribution in [0.2, 0.25) is 0 Å². The van der Waals surface area contributed by atoms with E-state index in [9.17, 15) is 0 Å². The van der Waals surface area contributed by atoms with E-state index in [0.29, 0.717) is 5.88 Å². The molecule has 0 saturated heterocycles. The van der Waals surface area contributed by atoms with E-state index < -0.39 is 0 Å². The van der Waals surface area contributed by atoms with Gasteiger partial charge in [0, 0.05) is 18.3 Å². The molecule has 0 aliphatic carbocycles. The summed E-state index contributed by atoms with van der Waals surface area (Å²) in [6.07, 6.45) is 1.78. The molecule has 0 spiro atoms. The third-order valence-corrected chi connectivity index (χ3v) is 2.58. The van der Waals surface area contributed by atoms with Crippen molar-refractivity contribution in [1.29, 1.82) is 0 Å². The standard InChI is InChI=1S/C14H16N2O/c1-10-8-14(16-9-13(10)11(2)15)17-12-6-4-3-5-7-12/h3-9,11H,15H2,1-2H3/t11-/m0/s1. The van der Waals surface area contributed by atoms with E-state index in [-0.39, 0.29) is 6.04 Å². The Balaban J connectivity index is 2.21. The number of hydrogen-bond acceptors (Lipinski definition) is 3. The Morgan fingerprint density at radius 1 is 1.24 bits per heavy atom. The molecule has 2 rings (SSSR count). The van der Waals surface area contributed by atoms with Crippen LogP contribution in [0.4, 0.5) is 0 Å². The van der Waals surface area contributed by atoms with Crippen LogP contribution in [0.15, 0.2) is 42.6 Å². The Hall–Kier alpha value is -1.87. The summed E-state index contributed by atoms with van der Waals surface area (Å²) in [5.41, 5.74) is 7.98. The number of aryl methyl sites for hydroxylation is 1. The maximum absolute atomic E-state index is 5.84. The Bertz CT molecular complexity index is 495. The van der Waals surface area contributed by atoms with Gasteiger partial charge < -0.3 is 10.5 Å². The molecule has 88 valence electrons. The predicted molar refractivity (Wildman–Crippen MR) is 68.1 cm³/mol. The van der Waals surface area contributed by atoms with Crippen LogP contribution in [0.5, 0.6) is 11.6 Å². The molecule has 1 atom stereocenters. The van der Waals surface area contributed by atoms with Crippen molar-refractivity contribution in [2.45, 2.75) is 19.9 Å². The zero-order valence-corrected chi connectivity index (χ0v) is 10.1. The lowest BCUT2D eigenvalue weighted by molar-refractivity contribution is 0.461. The Morgan fingerprint density at radius 3 is 2.53 bits per heavy atom. The van der Waals surface area contributed by atoms with E-state index in [0.717, 1.165) is 16.9 Å². The smallest absolute Gasteiger partial charge is 0.219 e. The van der Waals surface area contributed by atoms with Crippen LogP contribution in [0.1, 0.15) is 24.1 Å². The SMILES string of the molecule is Cc1cc(Oc2ccccc2)ncc1[C@H](C)N. The topological polar surface area (TPSA) is 48.1 Å². The molecule has 1 heterocycles. The van der Waals surface area contributed by atoms with E-state index in [1.807, 2.05) is 50.2 Å². The molecule has 17 heavy (non-hydrogen) atoms. The predicted octanol–water partition coefficient (Wildman–Crippen LogP) is 3.20. The Labute approximate surface area is 101 Å². The van der Waals surface area contributed by atoms with Gasteiger partial charge in [-0.3, -0.25) is 0 Å². The fraction of sp³-hybridized carbons (Fsp3) is 0.214. The highest BCUT2D eigenvalue weighted by molar-refractivity contribution is 5.33. The Kier molecular flexibility index (Phi) is 3.40. The van der Waals surface area contributed by atoms with Crippen molar-refractivity contribution in [2.24, 2.45) is 5.73 Å². The number of ether oxygens (including phenoxy) is 1. The maximum atomic E-state index is 5.84. The summed E-state index contributed by atoms with van der Waals surface area (Å²) in [7, 11) is 0. The minimum absolute atomic E-state index is 0.00623. The van der Waals surface area contributed by atoms with E-state index in [1.165, 1.54) is 0 Å². The van der Waals surface area contributed by atoms with Gasteiger partial charge >= 0.3 is 0 Å². The first-order valence-corrected chi connectivity index (χ1v) is 5.62. The molecular weight excluding hydrogens is 212 g/mol. The summed E-state index contributed by atoms with van der Waals surface area (Å²) in [4.78, 5) is 4.25. The molecule has 0 unspecified atom stereocenters. The Morgan fingerprint density at radius 2 is 1.94 bits per heavy atom. The molecule has 0 radical (unpaired) electrons. The average Bonchev–Trinajstić information content (AvgIpc) is 2.30. The van der Waals surface area contributed by atoms with Gasteiger partial charge in [-0.05, 0) is 37.1 Å². The summed E-state index contributed by atoms with van der Waals surface area (Å²) in [6.45, 7) is 3.96. The molecule has 0 fully saturated rings. The second-order valence-corrected chi connectivity index (χ2v) is 4.08. The molecule has 2 N–H and O–H groups in total. The van der Waals surface area contributed by atoms with Crippen molar-refractivity contribution in [1.82, 2.24) is 4.98 Å². The second kappa shape index (κ2) is 4.97. The van der Waals surface area contributed by atoms with Crippen molar-refractivity contribution >= 4 is 0 Å². The lowest BCUT2D eigenvalue weighted by Crippen LogP contribution is -2.07. The first-order valence-electron chi connectivity index (χ1n) is 5.62. The highest BCUT2D eigenvalue weighted by atomic mass is 16.5. The molecular formula is C14H16N2O. The third-order valence-electron chi connectivity index (χ3n) is 2.58. The lowest BCUT2D eigenvalue weighted by atomic mass is 10.1. The van der Waals surface area contributed by atoms with Crippen LogP contribution in [0.3, 0.4) is 0 Å². The van der Waals surface area contributed by atoms with Gasteiger partial charge in [-0.1, -0.05) is 18.2 Å². The van der Waals surface area contributed by atoms with Gasteiger partial charge in [-0.15, -0.1) is 0 Å². The molecule has 2 aromatic rings. The van der Waals surface area contributed by atoms with Crippen LogP contribution in [0.25, 0.3) is 0 Å². The number of para-hydroxylation sites is 1. The molecule has 1 aromatic carbocycles. The second-order valence-electron chi connectivity index (χ2n) is 4.08. The fourth-order valence-electron chi connectivity index (χ4n) is 1.68. The average molecular weight is 228 g/mol. The number of rotatable bonds is 3. The van der Waals surface area contributed by atoms with Crippen molar-refractivity contribution < 1.29 is 4.74 Å². The van der Waals surface area contributed by atoms with E-state index in [4.69, 9.17) is 10.5 Å². The van der Waals surface area contributed by atoms with Crippen molar-refractivity contribution in [3.63, 3.8) is 0 Å². The first-order chi connectivity index (χ1) is 8.16. The summed E-state index contributed by atoms with van der Waals surface area (Å²) >= 11 is 0. The van der Waals surface area contributed by atoms with Gasteiger partial charge in [0.1, 0.15) is 5.75 Å². The monoisotopic (exact) mass is 228 g/mol. The largest absolute Gasteiger partial charge is 0.439 e. The molecule has 0 saturated carbocycles. The summed E-state index contributed by atoms with van der Waals surface area (Å²) in [6, 6.07) is 11.5. The van der Waals surface area contributed by atoms with Gasteiger partial charge in [0.15, 0.2) is 0 Å². The maximum Gasteiger partial charge on any atom is 0.219 e. The molecule has 3 heteroatoms. The molecule has 0 aliphatic heterocycles. The van der Waals surface area contributed by atoms with Crippen LogP contribution in [-0.2, 0) is 0 Å². The summed E-state index contributed by atoms with van der Waals surface area (Å²) in [5.74, 6) is 1.38. The quantitative estimate of drug-likeness (QED) is 0.877. The highest BCUT2D eigenvalue weighted by Gasteiger charge is 2.06. The normalized spacial score (nSPS) is 12.2. The number of aromatic nitrogens is 1. The molecule has 1 aromatic heterocycles.